The van der Waals surface area contributed by atoms with Gasteiger partial charge >= 0.3 is 0 Å². The van der Waals surface area contributed by atoms with Crippen LogP contribution in [-0.4, -0.2) is 28.7 Å². The van der Waals surface area contributed by atoms with Crippen molar-refractivity contribution < 1.29 is 4.79 Å². The molecule has 0 heterocycles. The van der Waals surface area contributed by atoms with Crippen molar-refractivity contribution in [1.29, 1.82) is 0 Å². The van der Waals surface area contributed by atoms with Gasteiger partial charge in [0.2, 0.25) is 5.91 Å². The zero-order chi connectivity index (χ0) is 12.8. The maximum atomic E-state index is 11.8. The third-order valence-electron chi connectivity index (χ3n) is 3.21. The molecule has 1 unspecified atom stereocenters. The predicted molar refractivity (Wildman–Crippen MR) is 77.4 cm³/mol. The normalized spacial score (nSPS) is 13.9. The zero-order valence-electron chi connectivity index (χ0n) is 11.0. The maximum absolute atomic E-state index is 11.8. The van der Waals surface area contributed by atoms with Gasteiger partial charge in [0.25, 0.3) is 0 Å². The fraction of sp³-hybridized carbons (Fsp3) is 0.917. The lowest BCUT2D eigenvalue weighted by Gasteiger charge is -2.30. The second-order valence-corrected chi connectivity index (χ2v) is 6.33. The van der Waals surface area contributed by atoms with Crippen LogP contribution in [0.2, 0.25) is 0 Å². The summed E-state index contributed by atoms with van der Waals surface area (Å²) in [5, 5.41) is 2.82. The van der Waals surface area contributed by atoms with E-state index in [0.717, 1.165) is 19.4 Å². The van der Waals surface area contributed by atoms with E-state index in [0.29, 0.717) is 0 Å². The van der Waals surface area contributed by atoms with Crippen LogP contribution in [0.15, 0.2) is 0 Å². The van der Waals surface area contributed by atoms with Crippen molar-refractivity contribution in [2.75, 3.05) is 12.8 Å². The van der Waals surface area contributed by atoms with Gasteiger partial charge in [-0.3, -0.25) is 4.79 Å². The Morgan fingerprint density at radius 1 is 1.38 bits per heavy atom. The van der Waals surface area contributed by atoms with E-state index >= 15 is 0 Å². The summed E-state index contributed by atoms with van der Waals surface area (Å²) in [4.78, 5) is 11.8. The van der Waals surface area contributed by atoms with E-state index in [4.69, 9.17) is 0 Å². The lowest BCUT2D eigenvalue weighted by Crippen LogP contribution is -2.43. The Labute approximate surface area is 110 Å². The van der Waals surface area contributed by atoms with Crippen LogP contribution in [-0.2, 0) is 4.79 Å². The molecule has 0 spiro atoms. The van der Waals surface area contributed by atoms with Crippen LogP contribution < -0.4 is 5.32 Å². The number of hydrogen-bond acceptors (Lipinski definition) is 3. The molecule has 1 atom stereocenters. The number of rotatable bonds is 7. The Hall–Kier alpha value is 0.170. The summed E-state index contributed by atoms with van der Waals surface area (Å²) >= 11 is 6.16. The molecule has 0 aromatic carbocycles. The van der Waals surface area contributed by atoms with Gasteiger partial charge in [-0.25, -0.2) is 0 Å². The number of thiol groups is 1. The topological polar surface area (TPSA) is 29.1 Å². The van der Waals surface area contributed by atoms with Gasteiger partial charge in [0.15, 0.2) is 0 Å². The smallest absolute Gasteiger partial charge is 0.233 e. The van der Waals surface area contributed by atoms with Gasteiger partial charge < -0.3 is 5.32 Å². The second-order valence-electron chi connectivity index (χ2n) is 4.50. The Bertz CT molecular complexity index is 207. The highest BCUT2D eigenvalue weighted by Gasteiger charge is 2.27. The SMILES string of the molecule is CCC(CC)(CNC(=O)C(S)C(C)C)SC. The lowest BCUT2D eigenvalue weighted by atomic mass is 10.0. The minimum atomic E-state index is -0.201. The van der Waals surface area contributed by atoms with E-state index in [1.807, 2.05) is 25.6 Å². The lowest BCUT2D eigenvalue weighted by molar-refractivity contribution is -0.121. The van der Waals surface area contributed by atoms with Gasteiger partial charge in [-0.2, -0.15) is 24.4 Å². The molecule has 96 valence electrons. The van der Waals surface area contributed by atoms with Gasteiger partial charge in [0.1, 0.15) is 0 Å². The first-order chi connectivity index (χ1) is 7.42. The third-order valence-corrected chi connectivity index (χ3v) is 5.63. The van der Waals surface area contributed by atoms with Crippen LogP contribution in [0.1, 0.15) is 40.5 Å². The molecule has 0 aliphatic carbocycles. The molecule has 1 N–H and O–H groups in total. The number of nitrogens with one attached hydrogen (secondary N) is 1. The molecule has 0 radical (unpaired) electrons. The Kier molecular flexibility index (Phi) is 7.57. The summed E-state index contributed by atoms with van der Waals surface area (Å²) in [5.74, 6) is 0.328. The molecule has 0 aromatic rings. The molecule has 0 aromatic heterocycles. The van der Waals surface area contributed by atoms with E-state index in [1.165, 1.54) is 0 Å². The van der Waals surface area contributed by atoms with Crippen LogP contribution in [0, 0.1) is 5.92 Å². The first-order valence-electron chi connectivity index (χ1n) is 5.93. The van der Waals surface area contributed by atoms with E-state index in [1.54, 1.807) is 0 Å². The summed E-state index contributed by atoms with van der Waals surface area (Å²) in [6, 6.07) is 0. The summed E-state index contributed by atoms with van der Waals surface area (Å²) in [6.45, 7) is 9.11. The number of carbonyl (C=O) groups is 1. The van der Waals surface area contributed by atoms with E-state index in [9.17, 15) is 4.79 Å². The van der Waals surface area contributed by atoms with Crippen LogP contribution in [0.4, 0.5) is 0 Å². The molecule has 16 heavy (non-hydrogen) atoms. The van der Waals surface area contributed by atoms with Crippen LogP contribution in [0.3, 0.4) is 0 Å². The molecule has 0 fully saturated rings. The minimum Gasteiger partial charge on any atom is -0.354 e. The minimum absolute atomic E-state index is 0.0543. The van der Waals surface area contributed by atoms with Crippen LogP contribution in [0.5, 0.6) is 0 Å². The highest BCUT2D eigenvalue weighted by Crippen LogP contribution is 2.29. The van der Waals surface area contributed by atoms with Crippen molar-refractivity contribution in [1.82, 2.24) is 5.32 Å². The quantitative estimate of drug-likeness (QED) is 0.692. The molecule has 0 aliphatic heterocycles. The van der Waals surface area contributed by atoms with Crippen LogP contribution >= 0.6 is 24.4 Å². The van der Waals surface area contributed by atoms with E-state index < -0.39 is 0 Å². The van der Waals surface area contributed by atoms with Gasteiger partial charge in [-0.15, -0.1) is 0 Å². The summed E-state index contributed by atoms with van der Waals surface area (Å²) < 4.78 is 0.181. The van der Waals surface area contributed by atoms with Gasteiger partial charge in [-0.1, -0.05) is 27.7 Å². The fourth-order valence-electron chi connectivity index (χ4n) is 1.52. The molecule has 2 nitrogen and oxygen atoms in total. The van der Waals surface area contributed by atoms with Gasteiger partial charge in [-0.05, 0) is 25.0 Å². The predicted octanol–water partition coefficient (Wildman–Crippen LogP) is 2.98. The second kappa shape index (κ2) is 7.49. The van der Waals surface area contributed by atoms with Crippen molar-refractivity contribution in [3.8, 4) is 0 Å². The Balaban J connectivity index is 4.26. The fourth-order valence-corrected chi connectivity index (χ4v) is 2.40. The van der Waals surface area contributed by atoms with Crippen molar-refractivity contribution in [3.63, 3.8) is 0 Å². The zero-order valence-corrected chi connectivity index (χ0v) is 12.8. The van der Waals surface area contributed by atoms with Crippen molar-refractivity contribution >= 4 is 30.3 Å². The standard InChI is InChI=1S/C12H25NOS2/c1-6-12(7-2,16-5)8-13-11(14)10(15)9(3)4/h9-10,15H,6-8H2,1-5H3,(H,13,14). The molecule has 4 heteroatoms. The molecule has 1 amide bonds. The highest BCUT2D eigenvalue weighted by molar-refractivity contribution is 8.00. The summed E-state index contributed by atoms with van der Waals surface area (Å²) in [6.07, 6.45) is 4.26. The number of thioether (sulfide) groups is 1. The number of amides is 1. The van der Waals surface area contributed by atoms with Gasteiger partial charge in [0, 0.05) is 11.3 Å². The molecule has 0 saturated carbocycles. The largest absolute Gasteiger partial charge is 0.354 e. The maximum Gasteiger partial charge on any atom is 0.233 e. The van der Waals surface area contributed by atoms with Crippen molar-refractivity contribution in [3.05, 3.63) is 0 Å². The molecular formula is C12H25NOS2. The Morgan fingerprint density at radius 2 is 1.88 bits per heavy atom. The third kappa shape index (κ3) is 4.58. The molecule has 0 rings (SSSR count). The first kappa shape index (κ1) is 16.2. The molecule has 0 bridgehead atoms. The average molecular weight is 263 g/mol. The molecular weight excluding hydrogens is 238 g/mol. The van der Waals surface area contributed by atoms with Crippen molar-refractivity contribution in [2.24, 2.45) is 5.92 Å². The number of carbonyl (C=O) groups excluding carboxylic acids is 1. The first-order valence-corrected chi connectivity index (χ1v) is 7.67. The number of hydrogen-bond donors (Lipinski definition) is 2. The molecule has 0 saturated heterocycles. The molecule has 0 aliphatic rings. The van der Waals surface area contributed by atoms with E-state index in [2.05, 4.69) is 38.0 Å². The monoisotopic (exact) mass is 263 g/mol. The van der Waals surface area contributed by atoms with Crippen molar-refractivity contribution in [2.45, 2.75) is 50.5 Å². The summed E-state index contributed by atoms with van der Waals surface area (Å²) in [7, 11) is 0. The van der Waals surface area contributed by atoms with Gasteiger partial charge in [0.05, 0.1) is 5.25 Å². The summed E-state index contributed by atoms with van der Waals surface area (Å²) in [5.41, 5.74) is 0. The van der Waals surface area contributed by atoms with E-state index in [-0.39, 0.29) is 21.8 Å². The highest BCUT2D eigenvalue weighted by atomic mass is 32.2. The Morgan fingerprint density at radius 3 is 2.19 bits per heavy atom. The average Bonchev–Trinajstić information content (AvgIpc) is 2.30. The van der Waals surface area contributed by atoms with Crippen LogP contribution in [0.25, 0.3) is 0 Å².